The summed E-state index contributed by atoms with van der Waals surface area (Å²) in [7, 11) is 1.23. The summed E-state index contributed by atoms with van der Waals surface area (Å²) in [6.07, 6.45) is 0. The molecule has 2 aromatic rings. The lowest BCUT2D eigenvalue weighted by atomic mass is 10.1. The molecule has 1 amide bonds. The molecule has 2 rings (SSSR count). The summed E-state index contributed by atoms with van der Waals surface area (Å²) in [5.41, 5.74) is 1.48. The van der Waals surface area contributed by atoms with Crippen molar-refractivity contribution in [3.63, 3.8) is 0 Å². The maximum Gasteiger partial charge on any atom is 0.355 e. The van der Waals surface area contributed by atoms with Gasteiger partial charge in [0.05, 0.1) is 12.7 Å². The van der Waals surface area contributed by atoms with Crippen LogP contribution in [0.4, 0.5) is 14.5 Å². The van der Waals surface area contributed by atoms with Crippen LogP contribution in [0.5, 0.6) is 0 Å². The monoisotopic (exact) mass is 412 g/mol. The van der Waals surface area contributed by atoms with Crippen LogP contribution in [0, 0.1) is 13.8 Å². The molecule has 1 heterocycles. The highest BCUT2D eigenvalue weighted by molar-refractivity contribution is 7.99. The van der Waals surface area contributed by atoms with Crippen LogP contribution >= 0.6 is 11.8 Å². The minimum absolute atomic E-state index is 0.0547. The number of nitrogens with one attached hydrogen (secondary N) is 2. The third-order valence-corrected chi connectivity index (χ3v) is 4.45. The Morgan fingerprint density at radius 3 is 2.36 bits per heavy atom. The fourth-order valence-corrected chi connectivity index (χ4v) is 2.98. The molecule has 0 aliphatic heterocycles. The van der Waals surface area contributed by atoms with E-state index in [9.17, 15) is 23.2 Å². The molecule has 7 nitrogen and oxygen atoms in total. The second kappa shape index (κ2) is 9.36. The Hall–Kier alpha value is -2.88. The lowest BCUT2D eigenvalue weighted by Crippen LogP contribution is -2.21. The van der Waals surface area contributed by atoms with Crippen molar-refractivity contribution in [2.24, 2.45) is 0 Å². The third kappa shape index (κ3) is 5.32. The predicted octanol–water partition coefficient (Wildman–Crippen LogP) is 3.53. The van der Waals surface area contributed by atoms with Gasteiger partial charge in [-0.15, -0.1) is 0 Å². The molecule has 0 bridgehead atoms. The third-order valence-electron chi connectivity index (χ3n) is 3.73. The van der Waals surface area contributed by atoms with Crippen molar-refractivity contribution in [2.45, 2.75) is 24.5 Å². The number of alkyl halides is 2. The summed E-state index contributed by atoms with van der Waals surface area (Å²) in [5.74, 6) is -4.51. The highest BCUT2D eigenvalue weighted by Gasteiger charge is 2.23. The van der Waals surface area contributed by atoms with Crippen molar-refractivity contribution in [2.75, 3.05) is 19.0 Å². The van der Waals surface area contributed by atoms with Crippen molar-refractivity contribution in [1.29, 1.82) is 0 Å². The number of anilines is 1. The highest BCUT2D eigenvalue weighted by Crippen LogP contribution is 2.26. The van der Waals surface area contributed by atoms with Gasteiger partial charge in [0.1, 0.15) is 5.69 Å². The van der Waals surface area contributed by atoms with Crippen LogP contribution in [0.1, 0.15) is 32.1 Å². The number of ether oxygens (including phenoxy) is 2. The molecule has 0 fully saturated rings. The SMILES string of the molecule is COC(=O)c1c(C)[nH]c(C(=O)OCC(=O)Nc2ccc(SC(F)F)cc2)c1C. The summed E-state index contributed by atoms with van der Waals surface area (Å²) in [4.78, 5) is 39.0. The number of thioether (sulfide) groups is 1. The van der Waals surface area contributed by atoms with Crippen molar-refractivity contribution < 1.29 is 32.6 Å². The number of carbonyl (C=O) groups excluding carboxylic acids is 3. The standard InChI is InChI=1S/C18H18F2N2O5S/c1-9-14(16(24)26-3)10(2)21-15(9)17(25)27-8-13(23)22-11-4-6-12(7-5-11)28-18(19)20/h4-7,18,21H,8H2,1-3H3,(H,22,23). The molecule has 0 radical (unpaired) electrons. The summed E-state index contributed by atoms with van der Waals surface area (Å²) >= 11 is 0.394. The molecule has 0 atom stereocenters. The normalized spacial score (nSPS) is 10.6. The van der Waals surface area contributed by atoms with E-state index in [2.05, 4.69) is 15.0 Å². The second-order valence-electron chi connectivity index (χ2n) is 5.64. The number of aromatic amines is 1. The van der Waals surface area contributed by atoms with E-state index >= 15 is 0 Å². The number of amides is 1. The van der Waals surface area contributed by atoms with E-state index < -0.39 is 30.2 Å². The van der Waals surface area contributed by atoms with Gasteiger partial charge in [0.15, 0.2) is 6.61 Å². The van der Waals surface area contributed by atoms with E-state index in [1.165, 1.54) is 31.4 Å². The molecule has 2 N–H and O–H groups in total. The van der Waals surface area contributed by atoms with Crippen LogP contribution in [-0.2, 0) is 14.3 Å². The molecule has 0 aliphatic carbocycles. The van der Waals surface area contributed by atoms with Gasteiger partial charge in [-0.05, 0) is 43.7 Å². The Bertz CT molecular complexity index is 881. The van der Waals surface area contributed by atoms with E-state index in [4.69, 9.17) is 4.74 Å². The average Bonchev–Trinajstić information content (AvgIpc) is 2.94. The van der Waals surface area contributed by atoms with Gasteiger partial charge in [0, 0.05) is 16.3 Å². The fourth-order valence-electron chi connectivity index (χ4n) is 2.48. The lowest BCUT2D eigenvalue weighted by molar-refractivity contribution is -0.119. The maximum absolute atomic E-state index is 12.3. The van der Waals surface area contributed by atoms with Gasteiger partial charge >= 0.3 is 11.9 Å². The molecular formula is C18H18F2N2O5S. The zero-order chi connectivity index (χ0) is 20.8. The minimum atomic E-state index is -2.53. The molecule has 1 aromatic carbocycles. The van der Waals surface area contributed by atoms with E-state index in [-0.39, 0.29) is 11.3 Å². The number of carbonyl (C=O) groups is 3. The van der Waals surface area contributed by atoms with Gasteiger partial charge in [-0.1, -0.05) is 11.8 Å². The topological polar surface area (TPSA) is 97.5 Å². The number of H-pyrrole nitrogens is 1. The number of esters is 2. The molecule has 0 saturated heterocycles. The highest BCUT2D eigenvalue weighted by atomic mass is 32.2. The summed E-state index contributed by atoms with van der Waals surface area (Å²) in [5, 5.41) is 2.49. The molecule has 1 aromatic heterocycles. The predicted molar refractivity (Wildman–Crippen MR) is 98.8 cm³/mol. The first-order valence-corrected chi connectivity index (χ1v) is 8.90. The van der Waals surface area contributed by atoms with Crippen LogP contribution in [0.3, 0.4) is 0 Å². The number of halogens is 2. The molecule has 150 valence electrons. The van der Waals surface area contributed by atoms with Crippen LogP contribution < -0.4 is 5.32 Å². The first kappa shape index (κ1) is 21.4. The molecule has 10 heteroatoms. The fraction of sp³-hybridized carbons (Fsp3) is 0.278. The Morgan fingerprint density at radius 2 is 1.79 bits per heavy atom. The number of rotatable bonds is 7. The molecule has 28 heavy (non-hydrogen) atoms. The molecule has 0 spiro atoms. The average molecular weight is 412 g/mol. The minimum Gasteiger partial charge on any atom is -0.465 e. The number of methoxy groups -OCH3 is 1. The largest absolute Gasteiger partial charge is 0.465 e. The number of hydrogen-bond acceptors (Lipinski definition) is 6. The van der Waals surface area contributed by atoms with Gasteiger partial charge in [-0.25, -0.2) is 9.59 Å². The van der Waals surface area contributed by atoms with Crippen molar-refractivity contribution in [3.8, 4) is 0 Å². The zero-order valence-corrected chi connectivity index (χ0v) is 16.1. The van der Waals surface area contributed by atoms with E-state index in [0.717, 1.165) is 0 Å². The van der Waals surface area contributed by atoms with E-state index in [1.54, 1.807) is 13.8 Å². The summed E-state index contributed by atoms with van der Waals surface area (Å²) in [6, 6.07) is 5.81. The quantitative estimate of drug-likeness (QED) is 0.533. The van der Waals surface area contributed by atoms with Gasteiger partial charge in [-0.3, -0.25) is 4.79 Å². The van der Waals surface area contributed by atoms with Gasteiger partial charge < -0.3 is 19.8 Å². The zero-order valence-electron chi connectivity index (χ0n) is 15.3. The van der Waals surface area contributed by atoms with Gasteiger partial charge in [0.2, 0.25) is 0 Å². The Labute approximate surface area is 163 Å². The van der Waals surface area contributed by atoms with Crippen LogP contribution in [-0.4, -0.2) is 42.3 Å². The van der Waals surface area contributed by atoms with E-state index in [1.807, 2.05) is 0 Å². The Kier molecular flexibility index (Phi) is 7.16. The van der Waals surface area contributed by atoms with Crippen LogP contribution in [0.15, 0.2) is 29.2 Å². The Balaban J connectivity index is 1.94. The summed E-state index contributed by atoms with van der Waals surface area (Å²) in [6.45, 7) is 2.61. The van der Waals surface area contributed by atoms with Crippen molar-refractivity contribution in [3.05, 3.63) is 46.8 Å². The first-order chi connectivity index (χ1) is 13.2. The number of aryl methyl sites for hydroxylation is 1. The smallest absolute Gasteiger partial charge is 0.355 e. The number of aromatic nitrogens is 1. The van der Waals surface area contributed by atoms with Crippen molar-refractivity contribution >= 4 is 35.3 Å². The van der Waals surface area contributed by atoms with Crippen LogP contribution in [0.2, 0.25) is 0 Å². The first-order valence-electron chi connectivity index (χ1n) is 8.02. The van der Waals surface area contributed by atoms with Crippen molar-refractivity contribution in [1.82, 2.24) is 4.98 Å². The second-order valence-corrected chi connectivity index (χ2v) is 6.71. The number of benzene rings is 1. The van der Waals surface area contributed by atoms with Gasteiger partial charge in [-0.2, -0.15) is 8.78 Å². The lowest BCUT2D eigenvalue weighted by Gasteiger charge is -2.07. The molecule has 0 unspecified atom stereocenters. The molecular weight excluding hydrogens is 394 g/mol. The van der Waals surface area contributed by atoms with Gasteiger partial charge in [0.25, 0.3) is 11.7 Å². The van der Waals surface area contributed by atoms with Crippen LogP contribution in [0.25, 0.3) is 0 Å². The number of hydrogen-bond donors (Lipinski definition) is 2. The maximum atomic E-state index is 12.3. The van der Waals surface area contributed by atoms with E-state index in [0.29, 0.717) is 33.6 Å². The molecule has 0 aliphatic rings. The Morgan fingerprint density at radius 1 is 1.14 bits per heavy atom. The molecule has 0 saturated carbocycles. The summed E-state index contributed by atoms with van der Waals surface area (Å²) < 4.78 is 34.2.